The summed E-state index contributed by atoms with van der Waals surface area (Å²) < 4.78 is 65.2. The molecule has 23 heteroatoms. The zero-order valence-corrected chi connectivity index (χ0v) is 42.8. The Bertz CT molecular complexity index is 2920. The lowest BCUT2D eigenvalue weighted by Gasteiger charge is -2.39. The number of hydrogen-bond donors (Lipinski definition) is 4. The second-order valence-corrected chi connectivity index (χ2v) is 18.7. The third-order valence-corrected chi connectivity index (χ3v) is 13.2. The largest absolute Gasteiger partial charge is 0.461 e. The van der Waals surface area contributed by atoms with E-state index in [-0.39, 0.29) is 76.8 Å². The molecule has 2 fully saturated rings. The van der Waals surface area contributed by atoms with E-state index in [1.54, 1.807) is 84.4 Å². The lowest BCUT2D eigenvalue weighted by atomic mass is 9.84. The Hall–Kier alpha value is -8.28. The zero-order chi connectivity index (χ0) is 53.3. The molecule has 4 aromatic carbocycles. The van der Waals surface area contributed by atoms with Crippen molar-refractivity contribution >= 4 is 45.6 Å². The fourth-order valence-electron chi connectivity index (χ4n) is 9.86. The molecule has 6 heterocycles. The molecule has 0 bridgehead atoms. The maximum absolute atomic E-state index is 13.7. The highest BCUT2D eigenvalue weighted by Gasteiger charge is 2.33. The number of anilines is 2. The second kappa shape index (κ2) is 25.0. The van der Waals surface area contributed by atoms with Crippen LogP contribution in [0.25, 0.3) is 22.1 Å². The van der Waals surface area contributed by atoms with Gasteiger partial charge in [0, 0.05) is 77.0 Å². The number of halogens is 4. The predicted octanol–water partition coefficient (Wildman–Crippen LogP) is 5.60. The molecule has 2 aliphatic heterocycles. The molecule has 4 atom stereocenters. The van der Waals surface area contributed by atoms with Crippen LogP contribution in [0.3, 0.4) is 0 Å². The molecule has 8 aromatic rings. The smallest absolute Gasteiger partial charge is 0.302 e. The Labute approximate surface area is 441 Å². The monoisotopic (exact) mass is 1060 g/mol. The van der Waals surface area contributed by atoms with Gasteiger partial charge in [0.15, 0.2) is 11.3 Å². The van der Waals surface area contributed by atoms with E-state index in [1.165, 1.54) is 75.0 Å². The molecular formula is C54H60F4N14O5. The third-order valence-electron chi connectivity index (χ3n) is 13.2. The molecule has 10 rings (SSSR count). The van der Waals surface area contributed by atoms with Crippen LogP contribution in [0.4, 0.5) is 29.2 Å². The molecule has 4 unspecified atom stereocenters. The van der Waals surface area contributed by atoms with Crippen LogP contribution in [0.2, 0.25) is 0 Å². The number of aromatic nitrogens is 8. The van der Waals surface area contributed by atoms with Crippen LogP contribution in [0, 0.1) is 23.3 Å². The highest BCUT2D eigenvalue weighted by atomic mass is 19.1. The van der Waals surface area contributed by atoms with E-state index in [0.29, 0.717) is 63.7 Å². The van der Waals surface area contributed by atoms with E-state index in [2.05, 4.69) is 61.4 Å². The van der Waals surface area contributed by atoms with Crippen LogP contribution < -0.4 is 31.3 Å². The average molecular weight is 1060 g/mol. The van der Waals surface area contributed by atoms with Crippen LogP contribution in [0.5, 0.6) is 0 Å². The molecule has 2 saturated heterocycles. The molecule has 0 saturated carbocycles. The summed E-state index contributed by atoms with van der Waals surface area (Å²) in [6.07, 6.45) is 5.75. The van der Waals surface area contributed by atoms with Gasteiger partial charge in [-0.3, -0.25) is 9.59 Å². The number of carbonyl (C=O) groups is 2. The second-order valence-electron chi connectivity index (χ2n) is 18.7. The highest BCUT2D eigenvalue weighted by Crippen LogP contribution is 2.34. The first-order valence-corrected chi connectivity index (χ1v) is 25.0. The first kappa shape index (κ1) is 55.0. The van der Waals surface area contributed by atoms with E-state index in [0.717, 1.165) is 44.7 Å². The van der Waals surface area contributed by atoms with Crippen LogP contribution >= 0.6 is 0 Å². The number of fused-ring (bicyclic) bond motifs is 2. The number of nitrogens with zero attached hydrogens (tertiary/aromatic N) is 10. The molecule has 0 spiro atoms. The van der Waals surface area contributed by atoms with Gasteiger partial charge in [0.2, 0.25) is 0 Å². The molecule has 0 amide bonds. The summed E-state index contributed by atoms with van der Waals surface area (Å²) in [7, 11) is 0. The van der Waals surface area contributed by atoms with Crippen LogP contribution in [0.1, 0.15) is 61.8 Å². The summed E-state index contributed by atoms with van der Waals surface area (Å²) >= 11 is 0. The van der Waals surface area contributed by atoms with Crippen molar-refractivity contribution in [3.05, 3.63) is 168 Å². The van der Waals surface area contributed by atoms with Crippen LogP contribution in [-0.4, -0.2) is 134 Å². The summed E-state index contributed by atoms with van der Waals surface area (Å²) in [5, 5.41) is 17.6. The minimum atomic E-state index is -0.345. The van der Waals surface area contributed by atoms with Gasteiger partial charge in [0.25, 0.3) is 0 Å². The van der Waals surface area contributed by atoms with Gasteiger partial charge in [0.05, 0.1) is 36.3 Å². The maximum atomic E-state index is 13.7. The number of nitrogens with one attached hydrogen (secondary N) is 4. The minimum absolute atomic E-state index is 0. The summed E-state index contributed by atoms with van der Waals surface area (Å²) in [5.41, 5.74) is 11.2. The SMILES string of the molecule is CC(=O)OC(C)CNn1ncc2c(N3CCNC(C(c4ccc(F)cc4)c4ccc(F)cc4)C3)ncnc21.CC(=O)OC(C)CNn1ncc2c(N3CCNC(C(c4ccc(F)cc4)c4ccc(F)cc4)C3)ncnc21.O. The molecular weight excluding hydrogens is 1000 g/mol. The fourth-order valence-corrected chi connectivity index (χ4v) is 9.86. The van der Waals surface area contributed by atoms with E-state index in [4.69, 9.17) is 9.47 Å². The molecule has 404 valence electrons. The molecule has 6 N–H and O–H groups in total. The van der Waals surface area contributed by atoms with E-state index >= 15 is 0 Å². The number of carbonyl (C=O) groups excluding carboxylic acids is 2. The number of benzene rings is 4. The van der Waals surface area contributed by atoms with Crippen molar-refractivity contribution in [1.29, 1.82) is 0 Å². The van der Waals surface area contributed by atoms with Gasteiger partial charge in [0.1, 0.15) is 59.8 Å². The normalized spacial score (nSPS) is 16.3. The Morgan fingerprint density at radius 1 is 0.558 bits per heavy atom. The number of esters is 2. The lowest BCUT2D eigenvalue weighted by Crippen LogP contribution is -2.53. The number of hydrogen-bond acceptors (Lipinski definition) is 16. The highest BCUT2D eigenvalue weighted by molar-refractivity contribution is 5.87. The Kier molecular flexibility index (Phi) is 17.9. The quantitative estimate of drug-likeness (QED) is 0.0683. The summed E-state index contributed by atoms with van der Waals surface area (Å²) in [4.78, 5) is 47.8. The number of piperazine rings is 2. The fraction of sp³-hybridized carbons (Fsp3) is 0.333. The standard InChI is InChI=1S/2C27H29F2N7O2.H2O/c2*1-17(38-18(2)37)13-33-36-27-23(14-34-36)26(31-16-32-27)35-12-11-30-24(15-35)25(19-3-7-21(28)8-4-19)20-5-9-22(29)10-6-20;/h2*3-10,14,16-17,24-25,30,33H,11-13,15H2,1-2H3;1H2. The van der Waals surface area contributed by atoms with Crippen molar-refractivity contribution in [2.24, 2.45) is 0 Å². The molecule has 19 nitrogen and oxygen atoms in total. The van der Waals surface area contributed by atoms with Crippen molar-refractivity contribution in [3.8, 4) is 0 Å². The third kappa shape index (κ3) is 13.4. The molecule has 2 aliphatic rings. The van der Waals surface area contributed by atoms with E-state index in [9.17, 15) is 27.2 Å². The lowest BCUT2D eigenvalue weighted by molar-refractivity contribution is -0.145. The molecule has 0 radical (unpaired) electrons. The van der Waals surface area contributed by atoms with Crippen molar-refractivity contribution in [3.63, 3.8) is 0 Å². The summed E-state index contributed by atoms with van der Waals surface area (Å²) in [6.45, 7) is 11.1. The van der Waals surface area contributed by atoms with Crippen LogP contribution in [-0.2, 0) is 19.1 Å². The summed E-state index contributed by atoms with van der Waals surface area (Å²) in [5.74, 6) is -0.681. The Balaban J connectivity index is 0.000000201. The van der Waals surface area contributed by atoms with Gasteiger partial charge >= 0.3 is 11.9 Å². The average Bonchev–Trinajstić information content (AvgIpc) is 4.04. The van der Waals surface area contributed by atoms with Gasteiger partial charge in [-0.1, -0.05) is 48.5 Å². The first-order valence-electron chi connectivity index (χ1n) is 25.0. The van der Waals surface area contributed by atoms with Crippen molar-refractivity contribution in [2.45, 2.75) is 63.8 Å². The van der Waals surface area contributed by atoms with Gasteiger partial charge in [-0.05, 0) is 84.6 Å². The van der Waals surface area contributed by atoms with Gasteiger partial charge in [-0.15, -0.1) is 0 Å². The Morgan fingerprint density at radius 3 is 1.19 bits per heavy atom. The first-order chi connectivity index (χ1) is 36.8. The number of ether oxygens (including phenoxy) is 2. The van der Waals surface area contributed by atoms with Gasteiger partial charge in [-0.2, -0.15) is 19.8 Å². The summed E-state index contributed by atoms with van der Waals surface area (Å²) in [6, 6.07) is 25.7. The van der Waals surface area contributed by atoms with E-state index in [1.807, 2.05) is 0 Å². The Morgan fingerprint density at radius 2 is 0.883 bits per heavy atom. The van der Waals surface area contributed by atoms with Gasteiger partial charge in [-0.25, -0.2) is 37.5 Å². The predicted molar refractivity (Wildman–Crippen MR) is 282 cm³/mol. The van der Waals surface area contributed by atoms with Gasteiger partial charge < -0.3 is 46.2 Å². The maximum Gasteiger partial charge on any atom is 0.302 e. The molecule has 0 aliphatic carbocycles. The molecule has 77 heavy (non-hydrogen) atoms. The van der Waals surface area contributed by atoms with Crippen molar-refractivity contribution in [2.75, 3.05) is 73.0 Å². The van der Waals surface area contributed by atoms with Crippen LogP contribution in [0.15, 0.2) is 122 Å². The minimum Gasteiger partial charge on any atom is -0.461 e. The van der Waals surface area contributed by atoms with E-state index < -0.39 is 0 Å². The molecule has 4 aromatic heterocycles. The number of rotatable bonds is 16. The van der Waals surface area contributed by atoms with Crippen molar-refractivity contribution in [1.82, 2.24) is 50.3 Å². The zero-order valence-electron chi connectivity index (χ0n) is 42.8. The topological polar surface area (TPSA) is 226 Å². The van der Waals surface area contributed by atoms with Crippen molar-refractivity contribution < 1.29 is 42.1 Å².